The highest BCUT2D eigenvalue weighted by Gasteiger charge is 2.19. The molecule has 0 N–H and O–H groups in total. The highest BCUT2D eigenvalue weighted by Crippen LogP contribution is 2.23. The number of nitrogens with zero attached hydrogens (tertiary/aromatic N) is 5. The summed E-state index contributed by atoms with van der Waals surface area (Å²) in [7, 11) is 0. The monoisotopic (exact) mass is 583 g/mol. The molecule has 43 heavy (non-hydrogen) atoms. The van der Waals surface area contributed by atoms with Gasteiger partial charge >= 0.3 is 0 Å². The summed E-state index contributed by atoms with van der Waals surface area (Å²) in [6.07, 6.45) is 10.2. The van der Waals surface area contributed by atoms with Crippen LogP contribution >= 0.6 is 0 Å². The highest BCUT2D eigenvalue weighted by molar-refractivity contribution is 6.04. The molecule has 0 spiro atoms. The number of carbonyl (C=O) groups is 2. The van der Waals surface area contributed by atoms with Crippen molar-refractivity contribution in [2.24, 2.45) is 11.0 Å². The number of allylic oxidation sites excluding steroid dienone is 2. The predicted octanol–water partition coefficient (Wildman–Crippen LogP) is 7.03. The molecule has 8 nitrogen and oxygen atoms in total. The first-order valence-electron chi connectivity index (χ1n) is 14.5. The number of hydrazone groups is 1. The zero-order valence-corrected chi connectivity index (χ0v) is 24.7. The maximum Gasteiger partial charge on any atom is 0.266 e. The second-order valence-corrected chi connectivity index (χ2v) is 10.2. The van der Waals surface area contributed by atoms with Crippen LogP contribution in [0, 0.1) is 5.92 Å². The Morgan fingerprint density at radius 2 is 1.77 bits per heavy atom. The molecule has 1 aromatic heterocycles. The van der Waals surface area contributed by atoms with Crippen molar-refractivity contribution in [1.29, 1.82) is 0 Å². The van der Waals surface area contributed by atoms with E-state index in [0.29, 0.717) is 37.1 Å². The molecule has 0 radical (unpaired) electrons. The second kappa shape index (κ2) is 16.2. The van der Waals surface area contributed by atoms with E-state index in [4.69, 9.17) is 9.84 Å². The maximum atomic E-state index is 12.8. The van der Waals surface area contributed by atoms with Crippen LogP contribution < -0.4 is 4.74 Å². The number of amides is 2. The number of piperidine rings is 1. The summed E-state index contributed by atoms with van der Waals surface area (Å²) >= 11 is 0. The second-order valence-electron chi connectivity index (χ2n) is 10.2. The van der Waals surface area contributed by atoms with E-state index in [1.165, 1.54) is 5.01 Å². The van der Waals surface area contributed by atoms with Crippen molar-refractivity contribution >= 4 is 23.6 Å². The summed E-state index contributed by atoms with van der Waals surface area (Å²) in [4.78, 5) is 34.5. The number of aromatic nitrogens is 2. The van der Waals surface area contributed by atoms with E-state index >= 15 is 0 Å². The van der Waals surface area contributed by atoms with Crippen molar-refractivity contribution in [3.8, 4) is 17.1 Å². The van der Waals surface area contributed by atoms with Crippen molar-refractivity contribution in [3.05, 3.63) is 96.3 Å². The molecular weight excluding hydrogens is 538 g/mol. The van der Waals surface area contributed by atoms with Gasteiger partial charge in [0.25, 0.3) is 5.91 Å². The van der Waals surface area contributed by atoms with Crippen molar-refractivity contribution < 1.29 is 15.8 Å². The Labute approximate surface area is 257 Å². The Hall–Kier alpha value is -4.59. The summed E-state index contributed by atoms with van der Waals surface area (Å²) in [6, 6.07) is 15.9. The van der Waals surface area contributed by atoms with Crippen molar-refractivity contribution in [2.45, 2.75) is 54.0 Å². The fourth-order valence-electron chi connectivity index (χ4n) is 4.81. The first-order valence-corrected chi connectivity index (χ1v) is 14.5. The van der Waals surface area contributed by atoms with Crippen LogP contribution in [-0.2, 0) is 16.1 Å². The minimum absolute atomic E-state index is 0. The fourth-order valence-corrected chi connectivity index (χ4v) is 4.81. The van der Waals surface area contributed by atoms with Gasteiger partial charge in [-0.05, 0) is 54.5 Å². The lowest BCUT2D eigenvalue weighted by atomic mass is 9.98. The largest absolute Gasteiger partial charge is 0.490 e. The van der Waals surface area contributed by atoms with E-state index in [2.05, 4.69) is 22.6 Å². The topological polar surface area (TPSA) is 88.0 Å². The predicted molar refractivity (Wildman–Crippen MR) is 176 cm³/mol. The van der Waals surface area contributed by atoms with Crippen molar-refractivity contribution in [1.82, 2.24) is 19.9 Å². The van der Waals surface area contributed by atoms with Crippen LogP contribution in [0.1, 0.15) is 65.6 Å². The molecule has 2 aromatic carbocycles. The molecule has 228 valence electrons. The molecule has 1 saturated heterocycles. The first-order chi connectivity index (χ1) is 20.5. The molecule has 1 fully saturated rings. The molecular formula is C35H45N5O3. The third-order valence-corrected chi connectivity index (χ3v) is 7.19. The number of likely N-dealkylation sites (tertiary alicyclic amines) is 1. The molecule has 8 heteroatoms. The van der Waals surface area contributed by atoms with E-state index in [-0.39, 0.29) is 14.8 Å². The molecule has 0 atom stereocenters. The van der Waals surface area contributed by atoms with Crippen LogP contribution in [-0.4, -0.2) is 57.6 Å². The quantitative estimate of drug-likeness (QED) is 0.253. The molecule has 0 bridgehead atoms. The van der Waals surface area contributed by atoms with Gasteiger partial charge in [-0.3, -0.25) is 9.59 Å². The van der Waals surface area contributed by atoms with Crippen LogP contribution in [0.4, 0.5) is 0 Å². The van der Waals surface area contributed by atoms with Gasteiger partial charge in [0.1, 0.15) is 0 Å². The molecule has 3 aromatic rings. The Morgan fingerprint density at radius 1 is 1.07 bits per heavy atom. The maximum absolute atomic E-state index is 12.8. The fraction of sp³-hybridized carbons (Fsp3) is 0.343. The van der Waals surface area contributed by atoms with Crippen LogP contribution in [0.25, 0.3) is 17.0 Å². The normalized spacial score (nSPS) is 15.0. The Bertz CT molecular complexity index is 1450. The van der Waals surface area contributed by atoms with Crippen LogP contribution in [0.5, 0.6) is 5.75 Å². The van der Waals surface area contributed by atoms with Gasteiger partial charge in [0.2, 0.25) is 6.41 Å². The summed E-state index contributed by atoms with van der Waals surface area (Å²) in [5.74, 6) is 1.46. The molecule has 3 heterocycles. The lowest BCUT2D eigenvalue weighted by Gasteiger charge is -2.28. The number of carbonyl (C=O) groups excluding carboxylic acids is 2. The van der Waals surface area contributed by atoms with Gasteiger partial charge in [0.05, 0.1) is 31.3 Å². The molecule has 0 aliphatic carbocycles. The van der Waals surface area contributed by atoms with Gasteiger partial charge in [-0.2, -0.15) is 5.10 Å². The molecule has 0 saturated carbocycles. The van der Waals surface area contributed by atoms with Crippen LogP contribution in [0.3, 0.4) is 0 Å². The Balaban J connectivity index is 0.00000165. The van der Waals surface area contributed by atoms with E-state index in [9.17, 15) is 9.59 Å². The molecule has 0 unspecified atom stereocenters. The number of hydrogen-bond acceptors (Lipinski definition) is 6. The molecule has 5 rings (SSSR count). The summed E-state index contributed by atoms with van der Waals surface area (Å²) in [5.41, 5.74) is 5.60. The van der Waals surface area contributed by atoms with Crippen LogP contribution in [0.15, 0.2) is 84.8 Å². The van der Waals surface area contributed by atoms with Crippen molar-refractivity contribution in [2.75, 3.05) is 19.7 Å². The Morgan fingerprint density at radius 3 is 2.47 bits per heavy atom. The smallest absolute Gasteiger partial charge is 0.266 e. The van der Waals surface area contributed by atoms with E-state index < -0.39 is 0 Å². The summed E-state index contributed by atoms with van der Waals surface area (Å²) in [6.45, 7) is 12.5. The molecule has 2 aliphatic rings. The van der Waals surface area contributed by atoms with Gasteiger partial charge in [-0.1, -0.05) is 75.9 Å². The molecule has 2 amide bonds. The zero-order valence-electron chi connectivity index (χ0n) is 24.7. The first kappa shape index (κ1) is 32.9. The van der Waals surface area contributed by atoms with E-state index in [1.54, 1.807) is 23.4 Å². The minimum atomic E-state index is -0.161. The summed E-state index contributed by atoms with van der Waals surface area (Å²) in [5, 5.41) is 6.25. The average Bonchev–Trinajstić information content (AvgIpc) is 3.22. The van der Waals surface area contributed by atoms with E-state index in [0.717, 1.165) is 65.9 Å². The zero-order chi connectivity index (χ0) is 29.9. The Kier molecular flexibility index (Phi) is 12.4. The number of hydrogen-bond donors (Lipinski definition) is 0. The number of rotatable bonds is 9. The van der Waals surface area contributed by atoms with Crippen molar-refractivity contribution in [3.63, 3.8) is 0 Å². The standard InChI is InChI=1S/C32H33N5O3.C2H6.CH4.H2/c1-23(2)26-7-4-8-27(17-26)30-10-5-11-31(39)37(35-30)20-25-6-3-9-28(16-25)32-33-18-29(19-34-32)40-21-24-12-14-36(22-38)15-13-24;1-2;;/h3-9,11,16-19,22,24H,1,10,12-15,20-21H2,2H3;1-2H3;1H4;1H. The van der Waals surface area contributed by atoms with E-state index in [1.807, 2.05) is 69.3 Å². The van der Waals surface area contributed by atoms with Gasteiger partial charge in [-0.25, -0.2) is 15.0 Å². The van der Waals surface area contributed by atoms with Gasteiger partial charge < -0.3 is 9.64 Å². The number of ether oxygens (including phenoxy) is 1. The highest BCUT2D eigenvalue weighted by atomic mass is 16.5. The lowest BCUT2D eigenvalue weighted by Crippen LogP contribution is -2.34. The third-order valence-electron chi connectivity index (χ3n) is 7.19. The SMILES string of the molecule is C.C=C(C)c1cccc(C2=NN(Cc3cccc(-c4ncc(OCC5CCN(C=O)CC5)cn4)c3)C(=O)C=CC2)c1.CC.[HH]. The van der Waals surface area contributed by atoms with Gasteiger partial charge in [0.15, 0.2) is 11.6 Å². The lowest BCUT2D eigenvalue weighted by molar-refractivity contribution is -0.126. The summed E-state index contributed by atoms with van der Waals surface area (Å²) < 4.78 is 5.92. The van der Waals surface area contributed by atoms with Gasteiger partial charge in [-0.15, -0.1) is 0 Å². The average molecular weight is 584 g/mol. The minimum Gasteiger partial charge on any atom is -0.490 e. The number of benzene rings is 2. The third kappa shape index (κ3) is 8.95. The van der Waals surface area contributed by atoms with Gasteiger partial charge in [0, 0.05) is 32.6 Å². The van der Waals surface area contributed by atoms with Crippen LogP contribution in [0.2, 0.25) is 0 Å². The molecule has 2 aliphatic heterocycles.